The lowest BCUT2D eigenvalue weighted by molar-refractivity contribution is -0.127. The lowest BCUT2D eigenvalue weighted by atomic mass is 10.2. The molecule has 0 aliphatic carbocycles. The Balaban J connectivity index is 1.47. The van der Waals surface area contributed by atoms with E-state index in [2.05, 4.69) is 10.5 Å². The molecule has 1 amide bonds. The van der Waals surface area contributed by atoms with Gasteiger partial charge in [-0.25, -0.2) is 5.43 Å². The summed E-state index contributed by atoms with van der Waals surface area (Å²) in [6.45, 7) is 2.04. The Morgan fingerprint density at radius 3 is 2.35 bits per heavy atom. The van der Waals surface area contributed by atoms with Gasteiger partial charge in [-0.15, -0.1) is 0 Å². The molecule has 0 radical (unpaired) electrons. The number of nitrogens with one attached hydrogen (secondary N) is 1. The number of carbonyl (C=O) groups is 1. The normalized spacial score (nSPS) is 11.9. The average Bonchev–Trinajstić information content (AvgIpc) is 2.76. The quantitative estimate of drug-likeness (QED) is 0.313. The fraction of sp³-hybridized carbons (Fsp3) is 0.130. The molecule has 0 aliphatic heterocycles. The maximum Gasteiger partial charge on any atom is 0.280 e. The summed E-state index contributed by atoms with van der Waals surface area (Å²) in [5, 5.41) is 5.46. The summed E-state index contributed by atoms with van der Waals surface area (Å²) in [6.07, 6.45) is 0.738. The predicted molar refractivity (Wildman–Crippen MR) is 125 cm³/mol. The van der Waals surface area contributed by atoms with Crippen LogP contribution in [-0.4, -0.2) is 18.2 Å². The van der Waals surface area contributed by atoms with Crippen molar-refractivity contribution in [2.24, 2.45) is 5.10 Å². The van der Waals surface area contributed by atoms with Crippen LogP contribution >= 0.6 is 34.8 Å². The van der Waals surface area contributed by atoms with E-state index in [0.717, 1.165) is 16.9 Å². The van der Waals surface area contributed by atoms with Gasteiger partial charge in [-0.2, -0.15) is 5.10 Å². The maximum atomic E-state index is 12.2. The smallest absolute Gasteiger partial charge is 0.280 e. The standard InChI is InChI=1S/C23H19Cl3N2O3/c1-15(31-22-11-8-19(25)12-21(22)26)23(29)28-27-13-16-4-9-20(10-5-16)30-14-17-2-6-18(24)7-3-17/h2-13,15H,14H2,1H3,(H,28,29)/b27-13-/t15-/m1/s1. The number of amides is 1. The van der Waals surface area contributed by atoms with Crippen LogP contribution in [0.5, 0.6) is 11.5 Å². The summed E-state index contributed by atoms with van der Waals surface area (Å²) in [4.78, 5) is 12.2. The number of carbonyl (C=O) groups excluding carboxylic acids is 1. The van der Waals surface area contributed by atoms with E-state index in [1.807, 2.05) is 48.5 Å². The van der Waals surface area contributed by atoms with Crippen molar-refractivity contribution in [3.05, 3.63) is 92.9 Å². The summed E-state index contributed by atoms with van der Waals surface area (Å²) >= 11 is 17.8. The number of halogens is 3. The summed E-state index contributed by atoms with van der Waals surface area (Å²) in [6, 6.07) is 19.6. The summed E-state index contributed by atoms with van der Waals surface area (Å²) < 4.78 is 11.3. The molecule has 1 N–H and O–H groups in total. The van der Waals surface area contributed by atoms with Crippen LogP contribution in [0.1, 0.15) is 18.1 Å². The van der Waals surface area contributed by atoms with Crippen LogP contribution in [0.3, 0.4) is 0 Å². The molecular weight excluding hydrogens is 459 g/mol. The van der Waals surface area contributed by atoms with Gasteiger partial charge in [0.15, 0.2) is 6.10 Å². The summed E-state index contributed by atoms with van der Waals surface area (Å²) in [5.74, 6) is 0.676. The molecule has 160 valence electrons. The zero-order valence-electron chi connectivity index (χ0n) is 16.5. The first-order valence-electron chi connectivity index (χ1n) is 9.32. The molecule has 3 aromatic rings. The van der Waals surface area contributed by atoms with E-state index in [-0.39, 0.29) is 0 Å². The molecule has 0 saturated heterocycles. The molecule has 0 fully saturated rings. The molecule has 8 heteroatoms. The van der Waals surface area contributed by atoms with Gasteiger partial charge in [0.2, 0.25) is 0 Å². The molecule has 5 nitrogen and oxygen atoms in total. The van der Waals surface area contributed by atoms with E-state index in [0.29, 0.717) is 27.4 Å². The average molecular weight is 478 g/mol. The van der Waals surface area contributed by atoms with Crippen LogP contribution in [0.25, 0.3) is 0 Å². The van der Waals surface area contributed by atoms with Crippen LogP contribution < -0.4 is 14.9 Å². The van der Waals surface area contributed by atoms with Gasteiger partial charge < -0.3 is 9.47 Å². The van der Waals surface area contributed by atoms with E-state index >= 15 is 0 Å². The number of hydrogen-bond acceptors (Lipinski definition) is 4. The number of hydrogen-bond donors (Lipinski definition) is 1. The van der Waals surface area contributed by atoms with Crippen molar-refractivity contribution in [1.82, 2.24) is 5.43 Å². The summed E-state index contributed by atoms with van der Waals surface area (Å²) in [7, 11) is 0. The van der Waals surface area contributed by atoms with Gasteiger partial charge in [0, 0.05) is 10.0 Å². The second-order valence-electron chi connectivity index (χ2n) is 6.55. The molecule has 31 heavy (non-hydrogen) atoms. The minimum Gasteiger partial charge on any atom is -0.489 e. The van der Waals surface area contributed by atoms with Crippen molar-refractivity contribution < 1.29 is 14.3 Å². The van der Waals surface area contributed by atoms with Gasteiger partial charge in [-0.1, -0.05) is 46.9 Å². The molecule has 0 aromatic heterocycles. The summed E-state index contributed by atoms with van der Waals surface area (Å²) in [5.41, 5.74) is 4.26. The Morgan fingerprint density at radius 2 is 1.68 bits per heavy atom. The highest BCUT2D eigenvalue weighted by Gasteiger charge is 2.15. The van der Waals surface area contributed by atoms with Gasteiger partial charge in [-0.05, 0) is 72.6 Å². The predicted octanol–water partition coefficient (Wildman–Crippen LogP) is 6.14. The molecule has 0 unspecified atom stereocenters. The van der Waals surface area contributed by atoms with Crippen molar-refractivity contribution in [3.8, 4) is 11.5 Å². The van der Waals surface area contributed by atoms with Crippen molar-refractivity contribution >= 4 is 46.9 Å². The van der Waals surface area contributed by atoms with Gasteiger partial charge in [0.25, 0.3) is 5.91 Å². The molecule has 0 bridgehead atoms. The topological polar surface area (TPSA) is 59.9 Å². The Kier molecular flexibility index (Phi) is 8.18. The zero-order valence-corrected chi connectivity index (χ0v) is 18.8. The van der Waals surface area contributed by atoms with E-state index in [1.54, 1.807) is 25.1 Å². The van der Waals surface area contributed by atoms with Crippen molar-refractivity contribution in [1.29, 1.82) is 0 Å². The Labute approximate surface area is 195 Å². The molecule has 0 spiro atoms. The van der Waals surface area contributed by atoms with E-state index in [9.17, 15) is 4.79 Å². The molecular formula is C23H19Cl3N2O3. The Bertz CT molecular complexity index is 1050. The van der Waals surface area contributed by atoms with Crippen LogP contribution in [0.2, 0.25) is 15.1 Å². The lowest BCUT2D eigenvalue weighted by Gasteiger charge is -2.14. The maximum absolute atomic E-state index is 12.2. The molecule has 0 heterocycles. The minimum absolute atomic E-state index is 0.328. The van der Waals surface area contributed by atoms with E-state index in [1.165, 1.54) is 6.21 Å². The van der Waals surface area contributed by atoms with Crippen molar-refractivity contribution in [2.75, 3.05) is 0 Å². The molecule has 1 atom stereocenters. The molecule has 0 saturated carbocycles. The van der Waals surface area contributed by atoms with E-state index < -0.39 is 12.0 Å². The monoisotopic (exact) mass is 476 g/mol. The van der Waals surface area contributed by atoms with E-state index in [4.69, 9.17) is 44.3 Å². The first-order chi connectivity index (χ1) is 14.9. The second-order valence-corrected chi connectivity index (χ2v) is 7.83. The third-order valence-electron chi connectivity index (χ3n) is 4.15. The highest BCUT2D eigenvalue weighted by atomic mass is 35.5. The lowest BCUT2D eigenvalue weighted by Crippen LogP contribution is -2.33. The fourth-order valence-electron chi connectivity index (χ4n) is 2.47. The number of rotatable bonds is 8. The fourth-order valence-corrected chi connectivity index (χ4v) is 3.05. The van der Waals surface area contributed by atoms with Gasteiger partial charge in [0.1, 0.15) is 18.1 Å². The number of benzene rings is 3. The van der Waals surface area contributed by atoms with Gasteiger partial charge >= 0.3 is 0 Å². The number of ether oxygens (including phenoxy) is 2. The van der Waals surface area contributed by atoms with Gasteiger partial charge in [-0.3, -0.25) is 4.79 Å². The van der Waals surface area contributed by atoms with Crippen molar-refractivity contribution in [2.45, 2.75) is 19.6 Å². The highest BCUT2D eigenvalue weighted by molar-refractivity contribution is 6.35. The van der Waals surface area contributed by atoms with Gasteiger partial charge in [0.05, 0.1) is 11.2 Å². The minimum atomic E-state index is -0.792. The Morgan fingerprint density at radius 1 is 1.00 bits per heavy atom. The highest BCUT2D eigenvalue weighted by Crippen LogP contribution is 2.28. The molecule has 3 aromatic carbocycles. The zero-order chi connectivity index (χ0) is 22.2. The molecule has 0 aliphatic rings. The third kappa shape index (κ3) is 7.17. The van der Waals surface area contributed by atoms with Crippen LogP contribution in [-0.2, 0) is 11.4 Å². The Hall–Kier alpha value is -2.73. The second kappa shape index (κ2) is 11.0. The first kappa shape index (κ1) is 22.9. The van der Waals surface area contributed by atoms with Crippen LogP contribution in [0.15, 0.2) is 71.8 Å². The van der Waals surface area contributed by atoms with Crippen molar-refractivity contribution in [3.63, 3.8) is 0 Å². The number of nitrogens with zero attached hydrogens (tertiary/aromatic N) is 1. The molecule has 3 rings (SSSR count). The third-order valence-corrected chi connectivity index (χ3v) is 4.94. The first-order valence-corrected chi connectivity index (χ1v) is 10.5. The largest absolute Gasteiger partial charge is 0.489 e. The number of hydrazone groups is 1. The van der Waals surface area contributed by atoms with Crippen LogP contribution in [0.4, 0.5) is 0 Å². The SMILES string of the molecule is C[C@@H](Oc1ccc(Cl)cc1Cl)C(=O)N/N=C\c1ccc(OCc2ccc(Cl)cc2)cc1. The van der Waals surface area contributed by atoms with Crippen LogP contribution in [0, 0.1) is 0 Å².